The van der Waals surface area contributed by atoms with Gasteiger partial charge in [0.05, 0.1) is 10.5 Å². The molecule has 4 aromatic rings. The van der Waals surface area contributed by atoms with Crippen molar-refractivity contribution in [1.29, 1.82) is 5.26 Å². The number of rotatable bonds is 7. The average Bonchev–Trinajstić information content (AvgIpc) is 3.41. The molecule has 0 aliphatic carbocycles. The molecular formula is C30H22N2O6S3. The Morgan fingerprint density at radius 2 is 1.51 bits per heavy atom. The van der Waals surface area contributed by atoms with Gasteiger partial charge >= 0.3 is 20.2 Å². The van der Waals surface area contributed by atoms with Gasteiger partial charge in [0.25, 0.3) is 0 Å². The number of oxime groups is 1. The Labute approximate surface area is 242 Å². The van der Waals surface area contributed by atoms with Crippen molar-refractivity contribution >= 4 is 54.1 Å². The minimum atomic E-state index is -4.31. The quantitative estimate of drug-likeness (QED) is 0.134. The third-order valence-corrected chi connectivity index (χ3v) is 9.50. The van der Waals surface area contributed by atoms with E-state index in [2.05, 4.69) is 11.2 Å². The first-order valence-electron chi connectivity index (χ1n) is 12.2. The van der Waals surface area contributed by atoms with Crippen molar-refractivity contribution in [2.45, 2.75) is 23.6 Å². The summed E-state index contributed by atoms with van der Waals surface area (Å²) in [7, 11) is -8.35. The lowest BCUT2D eigenvalue weighted by Crippen LogP contribution is -2.09. The molecule has 1 heterocycles. The highest BCUT2D eigenvalue weighted by molar-refractivity contribution is 8.07. The third-order valence-electron chi connectivity index (χ3n) is 6.22. The number of thioether (sulfide) groups is 1. The highest BCUT2D eigenvalue weighted by Gasteiger charge is 2.23. The van der Waals surface area contributed by atoms with Gasteiger partial charge < -0.3 is 4.18 Å². The molecule has 1 aliphatic rings. The lowest BCUT2D eigenvalue weighted by atomic mass is 10.0. The summed E-state index contributed by atoms with van der Waals surface area (Å²) in [6.45, 7) is 3.74. The molecule has 0 N–H and O–H groups in total. The number of hydrogen-bond acceptors (Lipinski definition) is 9. The molecule has 0 aromatic heterocycles. The van der Waals surface area contributed by atoms with E-state index in [1.165, 1.54) is 54.2 Å². The first-order chi connectivity index (χ1) is 19.6. The fraction of sp³-hybridized carbons (Fsp3) is 0.0667. The SMILES string of the molecule is Cc1ccc(S(=O)(=O)Oc2ccc3cc(S(=O)(=O)ON=C4C=CSC4=C(C#N)c4ccccc4C)ccc3c2)cc1. The van der Waals surface area contributed by atoms with Crippen LogP contribution in [0.3, 0.4) is 0 Å². The maximum absolute atomic E-state index is 13.0. The topological polar surface area (TPSA) is 123 Å². The van der Waals surface area contributed by atoms with Crippen LogP contribution < -0.4 is 4.18 Å². The van der Waals surface area contributed by atoms with E-state index in [1.807, 2.05) is 38.1 Å². The molecule has 0 unspecified atom stereocenters. The molecular weight excluding hydrogens is 581 g/mol. The smallest absolute Gasteiger partial charge is 0.358 e. The molecule has 0 amide bonds. The molecule has 0 radical (unpaired) electrons. The Morgan fingerprint density at radius 3 is 2.24 bits per heavy atom. The summed E-state index contributed by atoms with van der Waals surface area (Å²) in [6, 6.07) is 24.6. The fourth-order valence-corrected chi connectivity index (χ4v) is 6.60. The van der Waals surface area contributed by atoms with E-state index in [0.29, 0.717) is 21.3 Å². The molecule has 0 spiro atoms. The summed E-state index contributed by atoms with van der Waals surface area (Å²) in [5, 5.41) is 16.5. The lowest BCUT2D eigenvalue weighted by molar-refractivity contribution is 0.339. The van der Waals surface area contributed by atoms with E-state index < -0.39 is 20.2 Å². The molecule has 0 saturated carbocycles. The maximum Gasteiger partial charge on any atom is 0.358 e. The van der Waals surface area contributed by atoms with Crippen LogP contribution in [0.25, 0.3) is 16.3 Å². The predicted octanol–water partition coefficient (Wildman–Crippen LogP) is 6.48. The summed E-state index contributed by atoms with van der Waals surface area (Å²) < 4.78 is 61.6. The summed E-state index contributed by atoms with van der Waals surface area (Å²) in [4.78, 5) is 0.371. The molecule has 4 aromatic carbocycles. The first kappa shape index (κ1) is 28.2. The second kappa shape index (κ2) is 11.2. The molecule has 1 aliphatic heterocycles. The van der Waals surface area contributed by atoms with E-state index in [4.69, 9.17) is 8.47 Å². The monoisotopic (exact) mass is 602 g/mol. The summed E-state index contributed by atoms with van der Waals surface area (Å²) in [5.74, 6) is 0.0862. The van der Waals surface area contributed by atoms with Gasteiger partial charge in [-0.05, 0) is 83.6 Å². The number of aryl methyl sites for hydroxylation is 2. The van der Waals surface area contributed by atoms with Crippen LogP contribution in [0.5, 0.6) is 5.75 Å². The molecule has 0 saturated heterocycles. The minimum absolute atomic E-state index is 0.0257. The van der Waals surface area contributed by atoms with Crippen LogP contribution in [0.2, 0.25) is 0 Å². The molecule has 5 rings (SSSR count). The van der Waals surface area contributed by atoms with Crippen molar-refractivity contribution in [2.24, 2.45) is 5.16 Å². The number of nitriles is 1. The second-order valence-electron chi connectivity index (χ2n) is 9.08. The van der Waals surface area contributed by atoms with Crippen LogP contribution in [0, 0.1) is 25.2 Å². The van der Waals surface area contributed by atoms with Gasteiger partial charge in [-0.1, -0.05) is 71.0 Å². The van der Waals surface area contributed by atoms with Gasteiger partial charge in [0, 0.05) is 0 Å². The Bertz CT molecular complexity index is 2020. The largest absolute Gasteiger partial charge is 0.379 e. The first-order valence-corrected chi connectivity index (χ1v) is 15.9. The highest BCUT2D eigenvalue weighted by Crippen LogP contribution is 2.35. The molecule has 11 heteroatoms. The zero-order chi connectivity index (χ0) is 29.2. The van der Waals surface area contributed by atoms with Crippen molar-refractivity contribution in [3.8, 4) is 11.8 Å². The van der Waals surface area contributed by atoms with Crippen molar-refractivity contribution < 1.29 is 25.3 Å². The van der Waals surface area contributed by atoms with Gasteiger partial charge in [-0.15, -0.1) is 0 Å². The Balaban J connectivity index is 1.39. The number of benzene rings is 4. The summed E-state index contributed by atoms with van der Waals surface area (Å²) in [6.07, 6.45) is 1.58. The summed E-state index contributed by atoms with van der Waals surface area (Å²) in [5.41, 5.74) is 3.12. The molecule has 0 atom stereocenters. The number of fused-ring (bicyclic) bond motifs is 1. The maximum atomic E-state index is 13.0. The van der Waals surface area contributed by atoms with Crippen LogP contribution in [-0.4, -0.2) is 22.5 Å². The molecule has 0 fully saturated rings. The van der Waals surface area contributed by atoms with Crippen LogP contribution in [0.15, 0.2) is 116 Å². The van der Waals surface area contributed by atoms with Crippen LogP contribution in [0.1, 0.15) is 16.7 Å². The molecule has 0 bridgehead atoms. The zero-order valence-electron chi connectivity index (χ0n) is 21.8. The summed E-state index contributed by atoms with van der Waals surface area (Å²) >= 11 is 1.26. The van der Waals surface area contributed by atoms with Crippen LogP contribution in [0.4, 0.5) is 0 Å². The van der Waals surface area contributed by atoms with E-state index in [1.54, 1.807) is 29.7 Å². The Hall–Kier alpha value is -4.37. The van der Waals surface area contributed by atoms with Crippen LogP contribution in [-0.2, 0) is 24.5 Å². The lowest BCUT2D eigenvalue weighted by Gasteiger charge is -2.09. The van der Waals surface area contributed by atoms with Gasteiger partial charge in [-0.3, -0.25) is 4.28 Å². The number of allylic oxidation sites excluding steroid dienone is 3. The third kappa shape index (κ3) is 6.05. The van der Waals surface area contributed by atoms with Crippen molar-refractivity contribution in [3.05, 3.63) is 118 Å². The Kier molecular flexibility index (Phi) is 7.73. The van der Waals surface area contributed by atoms with Gasteiger partial charge in [0.1, 0.15) is 27.3 Å². The van der Waals surface area contributed by atoms with Gasteiger partial charge in [0.2, 0.25) is 0 Å². The van der Waals surface area contributed by atoms with Crippen molar-refractivity contribution in [1.82, 2.24) is 0 Å². The van der Waals surface area contributed by atoms with Crippen molar-refractivity contribution in [2.75, 3.05) is 0 Å². The Morgan fingerprint density at radius 1 is 0.829 bits per heavy atom. The van der Waals surface area contributed by atoms with Crippen molar-refractivity contribution in [3.63, 3.8) is 0 Å². The van der Waals surface area contributed by atoms with Gasteiger partial charge in [0.15, 0.2) is 0 Å². The molecule has 41 heavy (non-hydrogen) atoms. The average molecular weight is 603 g/mol. The second-order valence-corrected chi connectivity index (χ2v) is 13.1. The van der Waals surface area contributed by atoms with Crippen LogP contribution >= 0.6 is 11.8 Å². The van der Waals surface area contributed by atoms with E-state index in [9.17, 15) is 22.1 Å². The van der Waals surface area contributed by atoms with E-state index >= 15 is 0 Å². The van der Waals surface area contributed by atoms with E-state index in [-0.39, 0.29) is 21.3 Å². The predicted molar refractivity (Wildman–Crippen MR) is 159 cm³/mol. The number of hydrogen-bond donors (Lipinski definition) is 0. The normalized spacial score (nSPS) is 15.6. The number of nitrogens with zero attached hydrogens (tertiary/aromatic N) is 2. The standard InChI is InChI=1S/C30H22N2O6S3/c1-20-7-12-25(13-8-20)40(33,34)37-24-11-9-23-18-26(14-10-22(23)17-24)41(35,36)38-32-29-15-16-39-30(29)28(19-31)27-6-4-3-5-21(27)2/h3-18H,1-2H3. The van der Waals surface area contributed by atoms with E-state index in [0.717, 1.165) is 16.7 Å². The molecule has 206 valence electrons. The fourth-order valence-electron chi connectivity index (χ4n) is 4.07. The molecule has 8 nitrogen and oxygen atoms in total. The van der Waals surface area contributed by atoms with Gasteiger partial charge in [-0.25, -0.2) is 0 Å². The van der Waals surface area contributed by atoms with Gasteiger partial charge in [-0.2, -0.15) is 22.1 Å². The zero-order valence-corrected chi connectivity index (χ0v) is 24.3. The minimum Gasteiger partial charge on any atom is -0.379 e. The highest BCUT2D eigenvalue weighted by atomic mass is 32.2.